The lowest BCUT2D eigenvalue weighted by Crippen LogP contribution is -2.43. The molecule has 0 radical (unpaired) electrons. The minimum Gasteiger partial charge on any atom is -0.393 e. The quantitative estimate of drug-likeness (QED) is 0.796. The topological polar surface area (TPSA) is 55.8 Å². The minimum absolute atomic E-state index is 0.0615. The predicted molar refractivity (Wildman–Crippen MR) is 92.5 cm³/mol. The molecule has 1 aromatic rings. The van der Waals surface area contributed by atoms with Gasteiger partial charge in [0.05, 0.1) is 6.10 Å². The number of aliphatic hydroxyl groups excluding tert-OH is 1. The van der Waals surface area contributed by atoms with Crippen LogP contribution in [0.4, 0.5) is 0 Å². The number of nitrogens with one attached hydrogen (secondary N) is 1. The summed E-state index contributed by atoms with van der Waals surface area (Å²) in [4.78, 5) is 17.0. The number of likely N-dealkylation sites (N-methyl/N-ethyl adjacent to an activating group) is 1. The maximum Gasteiger partial charge on any atom is 0.251 e. The fourth-order valence-corrected chi connectivity index (χ4v) is 2.73. The second-order valence-corrected chi connectivity index (χ2v) is 6.39. The van der Waals surface area contributed by atoms with Crippen LogP contribution in [0.1, 0.15) is 35.7 Å². The van der Waals surface area contributed by atoms with Crippen LogP contribution < -0.4 is 5.32 Å². The lowest BCUT2D eigenvalue weighted by Gasteiger charge is -2.32. The van der Waals surface area contributed by atoms with Crippen molar-refractivity contribution in [1.82, 2.24) is 15.1 Å². The van der Waals surface area contributed by atoms with E-state index in [1.165, 1.54) is 5.56 Å². The number of nitrogens with zero attached hydrogens (tertiary/aromatic N) is 2. The summed E-state index contributed by atoms with van der Waals surface area (Å²) >= 11 is 0. The lowest BCUT2D eigenvalue weighted by atomic mass is 10.1. The highest BCUT2D eigenvalue weighted by Gasteiger charge is 2.14. The fourth-order valence-electron chi connectivity index (χ4n) is 2.73. The molecule has 1 atom stereocenters. The Balaban J connectivity index is 1.85. The van der Waals surface area contributed by atoms with Gasteiger partial charge < -0.3 is 15.3 Å². The maximum atomic E-state index is 12.2. The summed E-state index contributed by atoms with van der Waals surface area (Å²) in [7, 11) is 2.15. The van der Waals surface area contributed by atoms with E-state index < -0.39 is 0 Å². The molecule has 1 aliphatic rings. The predicted octanol–water partition coefficient (Wildman–Crippen LogP) is 1.32. The van der Waals surface area contributed by atoms with Crippen LogP contribution in [0.2, 0.25) is 0 Å². The van der Waals surface area contributed by atoms with Crippen molar-refractivity contribution >= 4 is 5.91 Å². The van der Waals surface area contributed by atoms with Crippen molar-refractivity contribution in [3.8, 4) is 0 Å². The summed E-state index contributed by atoms with van der Waals surface area (Å²) in [5.74, 6) is -0.0615. The number of carbonyl (C=O) groups excluding carboxylic acids is 1. The number of rotatable bonds is 7. The largest absolute Gasteiger partial charge is 0.393 e. The summed E-state index contributed by atoms with van der Waals surface area (Å²) in [6.07, 6.45) is 0.985. The molecule has 0 saturated carbocycles. The van der Waals surface area contributed by atoms with Gasteiger partial charge in [-0.15, -0.1) is 0 Å². The first-order valence-corrected chi connectivity index (χ1v) is 8.54. The van der Waals surface area contributed by atoms with Crippen LogP contribution >= 0.6 is 0 Å². The SMILES string of the molecule is CCC(O)CCNC(=O)c1cccc(CN2CCN(C)CC2)c1. The Labute approximate surface area is 139 Å². The molecule has 0 aromatic heterocycles. The number of piperazine rings is 1. The highest BCUT2D eigenvalue weighted by Crippen LogP contribution is 2.10. The number of amides is 1. The van der Waals surface area contributed by atoms with E-state index in [9.17, 15) is 9.90 Å². The molecule has 2 rings (SSSR count). The Bertz CT molecular complexity index is 499. The van der Waals surface area contributed by atoms with Crippen molar-refractivity contribution < 1.29 is 9.90 Å². The first kappa shape index (κ1) is 17.9. The highest BCUT2D eigenvalue weighted by atomic mass is 16.3. The van der Waals surface area contributed by atoms with E-state index in [-0.39, 0.29) is 12.0 Å². The number of aliphatic hydroxyl groups is 1. The third-order valence-corrected chi connectivity index (χ3v) is 4.43. The van der Waals surface area contributed by atoms with Gasteiger partial charge in [-0.2, -0.15) is 0 Å². The van der Waals surface area contributed by atoms with Crippen molar-refractivity contribution in [1.29, 1.82) is 0 Å². The molecule has 23 heavy (non-hydrogen) atoms. The van der Waals surface area contributed by atoms with Crippen molar-refractivity contribution in [2.45, 2.75) is 32.4 Å². The Morgan fingerprint density at radius 3 is 2.74 bits per heavy atom. The van der Waals surface area contributed by atoms with Crippen LogP contribution in [-0.4, -0.2) is 66.7 Å². The first-order valence-electron chi connectivity index (χ1n) is 8.54. The second kappa shape index (κ2) is 9.01. The van der Waals surface area contributed by atoms with Gasteiger partial charge in [0.2, 0.25) is 0 Å². The summed E-state index contributed by atoms with van der Waals surface area (Å²) in [5.41, 5.74) is 1.87. The van der Waals surface area contributed by atoms with Crippen LogP contribution in [0.5, 0.6) is 0 Å². The van der Waals surface area contributed by atoms with Crippen LogP contribution in [0.25, 0.3) is 0 Å². The molecule has 1 fully saturated rings. The zero-order valence-corrected chi connectivity index (χ0v) is 14.3. The summed E-state index contributed by atoms with van der Waals surface area (Å²) in [6, 6.07) is 7.85. The van der Waals surface area contributed by atoms with Gasteiger partial charge in [-0.3, -0.25) is 9.69 Å². The Kier molecular flexibility index (Phi) is 7.02. The van der Waals surface area contributed by atoms with Crippen molar-refractivity contribution in [2.24, 2.45) is 0 Å². The molecule has 5 heteroatoms. The number of hydrogen-bond acceptors (Lipinski definition) is 4. The second-order valence-electron chi connectivity index (χ2n) is 6.39. The smallest absolute Gasteiger partial charge is 0.251 e. The summed E-state index contributed by atoms with van der Waals surface area (Å²) in [6.45, 7) is 7.68. The minimum atomic E-state index is -0.334. The standard InChI is InChI=1S/C18H29N3O2/c1-3-17(22)7-8-19-18(23)16-6-4-5-15(13-16)14-21-11-9-20(2)10-12-21/h4-6,13,17,22H,3,7-12,14H2,1-2H3,(H,19,23). The molecule has 2 N–H and O–H groups in total. The molecule has 0 aliphatic carbocycles. The molecule has 1 aromatic carbocycles. The molecule has 5 nitrogen and oxygen atoms in total. The zero-order chi connectivity index (χ0) is 16.7. The van der Waals surface area contributed by atoms with E-state index in [0.29, 0.717) is 18.5 Å². The van der Waals surface area contributed by atoms with Gasteiger partial charge in [0, 0.05) is 44.8 Å². The van der Waals surface area contributed by atoms with E-state index in [1.54, 1.807) is 0 Å². The van der Waals surface area contributed by atoms with E-state index in [4.69, 9.17) is 0 Å². The average Bonchev–Trinajstić information content (AvgIpc) is 2.57. The normalized spacial score (nSPS) is 17.9. The molecular formula is C18H29N3O2. The number of hydrogen-bond donors (Lipinski definition) is 2. The average molecular weight is 319 g/mol. The molecule has 1 aliphatic heterocycles. The molecule has 1 heterocycles. The van der Waals surface area contributed by atoms with Gasteiger partial charge in [0.1, 0.15) is 0 Å². The van der Waals surface area contributed by atoms with Crippen LogP contribution in [-0.2, 0) is 6.54 Å². The monoisotopic (exact) mass is 319 g/mol. The van der Waals surface area contributed by atoms with Crippen LogP contribution in [0.15, 0.2) is 24.3 Å². The molecular weight excluding hydrogens is 290 g/mol. The Hall–Kier alpha value is -1.43. The van der Waals surface area contributed by atoms with E-state index >= 15 is 0 Å². The third kappa shape index (κ3) is 5.94. The van der Waals surface area contributed by atoms with E-state index in [2.05, 4.69) is 28.2 Å². The summed E-state index contributed by atoms with van der Waals surface area (Å²) < 4.78 is 0. The van der Waals surface area contributed by atoms with Crippen molar-refractivity contribution in [3.63, 3.8) is 0 Å². The van der Waals surface area contributed by atoms with Crippen molar-refractivity contribution in [2.75, 3.05) is 39.8 Å². The highest BCUT2D eigenvalue weighted by molar-refractivity contribution is 5.94. The fraction of sp³-hybridized carbons (Fsp3) is 0.611. The molecule has 128 valence electrons. The van der Waals surface area contributed by atoms with Crippen LogP contribution in [0.3, 0.4) is 0 Å². The van der Waals surface area contributed by atoms with Crippen molar-refractivity contribution in [3.05, 3.63) is 35.4 Å². The molecule has 1 saturated heterocycles. The van der Waals surface area contributed by atoms with Gasteiger partial charge in [0.15, 0.2) is 0 Å². The number of benzene rings is 1. The molecule has 0 bridgehead atoms. The zero-order valence-electron chi connectivity index (χ0n) is 14.3. The van der Waals surface area contributed by atoms with Gasteiger partial charge >= 0.3 is 0 Å². The van der Waals surface area contributed by atoms with Gasteiger partial charge in [-0.25, -0.2) is 0 Å². The lowest BCUT2D eigenvalue weighted by molar-refractivity contribution is 0.0941. The van der Waals surface area contributed by atoms with Gasteiger partial charge in [0.25, 0.3) is 5.91 Å². The van der Waals surface area contributed by atoms with Gasteiger partial charge in [-0.1, -0.05) is 19.1 Å². The maximum absolute atomic E-state index is 12.2. The molecule has 1 unspecified atom stereocenters. The Morgan fingerprint density at radius 2 is 2.04 bits per heavy atom. The first-order chi connectivity index (χ1) is 11.1. The third-order valence-electron chi connectivity index (χ3n) is 4.43. The summed E-state index contributed by atoms with van der Waals surface area (Å²) in [5, 5.41) is 12.4. The van der Waals surface area contributed by atoms with Crippen LogP contribution in [0, 0.1) is 0 Å². The number of carbonyl (C=O) groups is 1. The van der Waals surface area contributed by atoms with Gasteiger partial charge in [-0.05, 0) is 37.6 Å². The molecule has 1 amide bonds. The molecule has 0 spiro atoms. The van der Waals surface area contributed by atoms with E-state index in [0.717, 1.165) is 39.1 Å². The Morgan fingerprint density at radius 1 is 1.30 bits per heavy atom. The van der Waals surface area contributed by atoms with E-state index in [1.807, 2.05) is 25.1 Å².